The van der Waals surface area contributed by atoms with Gasteiger partial charge in [-0.15, -0.1) is 0 Å². The van der Waals surface area contributed by atoms with Crippen LogP contribution in [-0.2, 0) is 5.41 Å². The normalized spacial score (nSPS) is 12.9. The summed E-state index contributed by atoms with van der Waals surface area (Å²) in [6, 6.07) is 18.8. The molecule has 1 N–H and O–H groups in total. The van der Waals surface area contributed by atoms with Gasteiger partial charge in [0.05, 0.1) is 0 Å². The smallest absolute Gasteiger partial charge is 0.125 e. The van der Waals surface area contributed by atoms with E-state index in [1.807, 2.05) is 19.2 Å². The van der Waals surface area contributed by atoms with Gasteiger partial charge in [-0.05, 0) is 36.2 Å². The zero-order valence-electron chi connectivity index (χ0n) is 14.1. The average molecular weight is 297 g/mol. The van der Waals surface area contributed by atoms with E-state index >= 15 is 0 Å². The lowest BCUT2D eigenvalue weighted by atomic mass is 9.86. The van der Waals surface area contributed by atoms with Gasteiger partial charge in [-0.1, -0.05) is 69.3 Å². The van der Waals surface area contributed by atoms with Crippen LogP contribution in [0.3, 0.4) is 0 Å². The molecule has 22 heavy (non-hydrogen) atoms. The molecule has 0 aliphatic heterocycles. The fourth-order valence-corrected chi connectivity index (χ4v) is 2.58. The first-order chi connectivity index (χ1) is 10.5. The molecule has 2 aromatic carbocycles. The topological polar surface area (TPSA) is 21.3 Å². The van der Waals surface area contributed by atoms with Crippen molar-refractivity contribution in [3.8, 4) is 5.75 Å². The van der Waals surface area contributed by atoms with E-state index < -0.39 is 0 Å². The van der Waals surface area contributed by atoms with Gasteiger partial charge >= 0.3 is 0 Å². The molecule has 0 heterocycles. The van der Waals surface area contributed by atoms with Crippen molar-refractivity contribution in [2.75, 3.05) is 13.6 Å². The van der Waals surface area contributed by atoms with Crippen LogP contribution in [-0.4, -0.2) is 13.6 Å². The van der Waals surface area contributed by atoms with Crippen molar-refractivity contribution < 1.29 is 4.74 Å². The molecule has 0 fully saturated rings. The third kappa shape index (κ3) is 4.35. The van der Waals surface area contributed by atoms with Gasteiger partial charge in [-0.3, -0.25) is 0 Å². The minimum atomic E-state index is 0.0668. The second-order valence-electron chi connectivity index (χ2n) is 6.66. The lowest BCUT2D eigenvalue weighted by Crippen LogP contribution is -2.19. The molecule has 0 aliphatic carbocycles. The molecule has 0 spiro atoms. The van der Waals surface area contributed by atoms with Gasteiger partial charge in [0.25, 0.3) is 0 Å². The van der Waals surface area contributed by atoms with Gasteiger partial charge in [-0.2, -0.15) is 0 Å². The van der Waals surface area contributed by atoms with Crippen LogP contribution in [0.2, 0.25) is 0 Å². The Kier molecular flexibility index (Phi) is 5.62. The molecule has 2 heteroatoms. The summed E-state index contributed by atoms with van der Waals surface area (Å²) in [4.78, 5) is 0. The number of rotatable bonds is 6. The van der Waals surface area contributed by atoms with Crippen molar-refractivity contribution in [1.82, 2.24) is 5.32 Å². The van der Waals surface area contributed by atoms with Crippen molar-refractivity contribution in [3.05, 3.63) is 65.7 Å². The molecule has 0 unspecified atom stereocenters. The first-order valence-electron chi connectivity index (χ1n) is 7.98. The summed E-state index contributed by atoms with van der Waals surface area (Å²) in [7, 11) is 1.98. The van der Waals surface area contributed by atoms with Crippen LogP contribution < -0.4 is 10.1 Å². The van der Waals surface area contributed by atoms with Crippen LogP contribution in [0.15, 0.2) is 54.6 Å². The quantitative estimate of drug-likeness (QED) is 0.833. The first kappa shape index (κ1) is 16.6. The SMILES string of the molecule is CNCC[C@@H](Oc1ccccc1C(C)(C)C)c1ccccc1. The van der Waals surface area contributed by atoms with E-state index in [4.69, 9.17) is 4.74 Å². The van der Waals surface area contributed by atoms with Crippen LogP contribution in [0.4, 0.5) is 0 Å². The van der Waals surface area contributed by atoms with E-state index in [0.717, 1.165) is 18.7 Å². The van der Waals surface area contributed by atoms with Crippen molar-refractivity contribution in [3.63, 3.8) is 0 Å². The summed E-state index contributed by atoms with van der Waals surface area (Å²) < 4.78 is 6.42. The van der Waals surface area contributed by atoms with Gasteiger partial charge in [-0.25, -0.2) is 0 Å². The van der Waals surface area contributed by atoms with E-state index in [1.165, 1.54) is 11.1 Å². The fourth-order valence-electron chi connectivity index (χ4n) is 2.58. The largest absolute Gasteiger partial charge is 0.485 e. The monoisotopic (exact) mass is 297 g/mol. The van der Waals surface area contributed by atoms with E-state index in [-0.39, 0.29) is 11.5 Å². The summed E-state index contributed by atoms with van der Waals surface area (Å²) in [6.45, 7) is 7.60. The van der Waals surface area contributed by atoms with Crippen molar-refractivity contribution in [1.29, 1.82) is 0 Å². The lowest BCUT2D eigenvalue weighted by Gasteiger charge is -2.26. The molecule has 1 atom stereocenters. The fraction of sp³-hybridized carbons (Fsp3) is 0.400. The van der Waals surface area contributed by atoms with Crippen LogP contribution in [0.5, 0.6) is 5.75 Å². The lowest BCUT2D eigenvalue weighted by molar-refractivity contribution is 0.190. The number of nitrogens with one attached hydrogen (secondary N) is 1. The Hall–Kier alpha value is -1.80. The van der Waals surface area contributed by atoms with E-state index in [1.54, 1.807) is 0 Å². The Labute approximate surface area is 134 Å². The van der Waals surface area contributed by atoms with Gasteiger partial charge in [0.1, 0.15) is 11.9 Å². The van der Waals surface area contributed by atoms with Gasteiger partial charge in [0.15, 0.2) is 0 Å². The highest BCUT2D eigenvalue weighted by Crippen LogP contribution is 2.34. The maximum atomic E-state index is 6.42. The molecule has 2 aromatic rings. The van der Waals surface area contributed by atoms with Crippen molar-refractivity contribution >= 4 is 0 Å². The molecule has 0 aromatic heterocycles. The number of hydrogen-bond donors (Lipinski definition) is 1. The number of ether oxygens (including phenoxy) is 1. The van der Waals surface area contributed by atoms with E-state index in [0.29, 0.717) is 0 Å². The van der Waals surface area contributed by atoms with Crippen molar-refractivity contribution in [2.45, 2.75) is 38.7 Å². The summed E-state index contributed by atoms with van der Waals surface area (Å²) in [5.74, 6) is 0.986. The van der Waals surface area contributed by atoms with Gasteiger partial charge in [0.2, 0.25) is 0 Å². The highest BCUT2D eigenvalue weighted by Gasteiger charge is 2.21. The zero-order valence-corrected chi connectivity index (χ0v) is 14.1. The molecule has 0 radical (unpaired) electrons. The molecule has 2 nitrogen and oxygen atoms in total. The van der Waals surface area contributed by atoms with Crippen LogP contribution >= 0.6 is 0 Å². The Morgan fingerprint density at radius 2 is 1.59 bits per heavy atom. The highest BCUT2D eigenvalue weighted by atomic mass is 16.5. The van der Waals surface area contributed by atoms with Crippen LogP contribution in [0.1, 0.15) is 44.4 Å². The average Bonchev–Trinajstić information content (AvgIpc) is 2.51. The van der Waals surface area contributed by atoms with Crippen LogP contribution in [0.25, 0.3) is 0 Å². The second kappa shape index (κ2) is 7.46. The summed E-state index contributed by atoms with van der Waals surface area (Å²) in [5.41, 5.74) is 2.54. The van der Waals surface area contributed by atoms with E-state index in [2.05, 4.69) is 68.6 Å². The molecular weight excluding hydrogens is 270 g/mol. The Bertz CT molecular complexity index is 572. The third-order valence-corrected chi connectivity index (χ3v) is 3.79. The zero-order chi connectivity index (χ0) is 16.0. The first-order valence-corrected chi connectivity index (χ1v) is 7.98. The highest BCUT2D eigenvalue weighted by molar-refractivity contribution is 5.39. The summed E-state index contributed by atoms with van der Waals surface area (Å²) >= 11 is 0. The molecule has 2 rings (SSSR count). The number of hydrogen-bond acceptors (Lipinski definition) is 2. The maximum Gasteiger partial charge on any atom is 0.125 e. The minimum Gasteiger partial charge on any atom is -0.485 e. The van der Waals surface area contributed by atoms with Crippen molar-refractivity contribution in [2.24, 2.45) is 0 Å². The number of benzene rings is 2. The predicted octanol–water partition coefficient (Wildman–Crippen LogP) is 4.71. The second-order valence-corrected chi connectivity index (χ2v) is 6.66. The summed E-state index contributed by atoms with van der Waals surface area (Å²) in [6.07, 6.45) is 1.01. The molecule has 0 saturated carbocycles. The molecule has 118 valence electrons. The molecule has 0 aliphatic rings. The van der Waals surface area contributed by atoms with E-state index in [9.17, 15) is 0 Å². The van der Waals surface area contributed by atoms with Crippen LogP contribution in [0, 0.1) is 0 Å². The Morgan fingerprint density at radius 3 is 2.23 bits per heavy atom. The standard InChI is InChI=1S/C20H27NO/c1-20(2,3)17-12-8-9-13-19(17)22-18(14-15-21-4)16-10-6-5-7-11-16/h5-13,18,21H,14-15H2,1-4H3/t18-/m1/s1. The maximum absolute atomic E-state index is 6.42. The minimum absolute atomic E-state index is 0.0668. The predicted molar refractivity (Wildman–Crippen MR) is 93.5 cm³/mol. The molecule has 0 bridgehead atoms. The molecular formula is C20H27NO. The molecule has 0 amide bonds. The van der Waals surface area contributed by atoms with Gasteiger partial charge < -0.3 is 10.1 Å². The number of para-hydroxylation sites is 1. The Morgan fingerprint density at radius 1 is 0.955 bits per heavy atom. The Balaban J connectivity index is 2.28. The summed E-state index contributed by atoms with van der Waals surface area (Å²) in [5, 5.41) is 3.22. The third-order valence-electron chi connectivity index (χ3n) is 3.79. The van der Waals surface area contributed by atoms with Gasteiger partial charge in [0, 0.05) is 6.42 Å². The molecule has 0 saturated heterocycles.